The van der Waals surface area contributed by atoms with Crippen LogP contribution in [0.5, 0.6) is 0 Å². The summed E-state index contributed by atoms with van der Waals surface area (Å²) in [6.45, 7) is -1.34. The second-order valence-electron chi connectivity index (χ2n) is 4.12. The van der Waals surface area contributed by atoms with Crippen LogP contribution in [0.15, 0.2) is 24.3 Å². The van der Waals surface area contributed by atoms with E-state index in [2.05, 4.69) is 0 Å². The number of nitro groups is 1. The Morgan fingerprint density at radius 2 is 1.35 bits per heavy atom. The summed E-state index contributed by atoms with van der Waals surface area (Å²) in [5, 5.41) is 10.4. The number of hydrogen-bond acceptors (Lipinski definition) is 4. The topological polar surface area (TPSA) is 80.5 Å². The molecule has 0 fully saturated rings. The van der Waals surface area contributed by atoms with Crippen LogP contribution in [0.2, 0.25) is 0 Å². The molecule has 0 unspecified atom stereocenters. The lowest BCUT2D eigenvalue weighted by atomic mass is 10.2. The Kier molecular flexibility index (Phi) is 4.97. The number of nitro benzene ring substituents is 1. The van der Waals surface area contributed by atoms with Crippen LogP contribution in [0.1, 0.15) is 5.56 Å². The molecule has 0 aliphatic rings. The van der Waals surface area contributed by atoms with Gasteiger partial charge < -0.3 is 0 Å². The summed E-state index contributed by atoms with van der Waals surface area (Å²) in [4.78, 5) is 30.6. The van der Waals surface area contributed by atoms with Gasteiger partial charge in [0.05, 0.1) is 11.5 Å². The summed E-state index contributed by atoms with van der Waals surface area (Å²) in [6.07, 6.45) is -11.4. The minimum absolute atomic E-state index is 0.328. The zero-order valence-electron chi connectivity index (χ0n) is 10.8. The van der Waals surface area contributed by atoms with Gasteiger partial charge in [0.15, 0.2) is 0 Å². The molecule has 0 radical (unpaired) electrons. The highest BCUT2D eigenvalue weighted by Crippen LogP contribution is 2.26. The van der Waals surface area contributed by atoms with Crippen molar-refractivity contribution in [3.05, 3.63) is 39.9 Å². The second-order valence-corrected chi connectivity index (χ2v) is 4.12. The predicted molar refractivity (Wildman–Crippen MR) is 60.8 cm³/mol. The first-order chi connectivity index (χ1) is 10.3. The fourth-order valence-electron chi connectivity index (χ4n) is 1.45. The van der Waals surface area contributed by atoms with Crippen molar-refractivity contribution in [3.63, 3.8) is 0 Å². The minimum atomic E-state index is -5.69. The summed E-state index contributed by atoms with van der Waals surface area (Å²) in [7, 11) is 0. The number of hydrogen-bond donors (Lipinski definition) is 0. The van der Waals surface area contributed by atoms with E-state index in [1.54, 1.807) is 0 Å². The highest BCUT2D eigenvalue weighted by atomic mass is 19.4. The molecule has 6 nitrogen and oxygen atoms in total. The molecule has 0 saturated heterocycles. The van der Waals surface area contributed by atoms with Gasteiger partial charge in [-0.25, -0.2) is 0 Å². The summed E-state index contributed by atoms with van der Waals surface area (Å²) in [5.74, 6) is -5.98. The van der Waals surface area contributed by atoms with Crippen LogP contribution < -0.4 is 0 Å². The van der Waals surface area contributed by atoms with E-state index in [0.717, 1.165) is 24.3 Å². The quantitative estimate of drug-likeness (QED) is 0.479. The third kappa shape index (κ3) is 4.66. The Hall–Kier alpha value is -2.66. The molecule has 0 bridgehead atoms. The van der Waals surface area contributed by atoms with Gasteiger partial charge in [0.2, 0.25) is 0 Å². The zero-order valence-corrected chi connectivity index (χ0v) is 10.8. The van der Waals surface area contributed by atoms with Gasteiger partial charge in [0, 0.05) is 12.1 Å². The largest absolute Gasteiger partial charge is 0.471 e. The van der Waals surface area contributed by atoms with E-state index in [4.69, 9.17) is 0 Å². The zero-order chi connectivity index (χ0) is 18.0. The number of halogens is 6. The van der Waals surface area contributed by atoms with Gasteiger partial charge in [0.1, 0.15) is 0 Å². The Bertz CT molecular complexity index is 597. The minimum Gasteiger partial charge on any atom is -0.264 e. The molecule has 1 aromatic rings. The maximum Gasteiger partial charge on any atom is 0.471 e. The van der Waals surface area contributed by atoms with Crippen LogP contribution >= 0.6 is 0 Å². The Morgan fingerprint density at radius 1 is 0.957 bits per heavy atom. The SMILES string of the molecule is O=C(N(Cc1ccc([N+](=O)[O-])cc1)C(=O)C(F)(F)F)C(F)(F)F. The molecule has 0 N–H and O–H groups in total. The van der Waals surface area contributed by atoms with Crippen LogP contribution in [0.3, 0.4) is 0 Å². The fraction of sp³-hybridized carbons (Fsp3) is 0.273. The molecule has 0 atom stereocenters. The second kappa shape index (κ2) is 6.22. The Labute approximate surface area is 123 Å². The lowest BCUT2D eigenvalue weighted by molar-refractivity contribution is -0.384. The average molecular weight is 344 g/mol. The van der Waals surface area contributed by atoms with Crippen molar-refractivity contribution in [2.75, 3.05) is 0 Å². The monoisotopic (exact) mass is 344 g/mol. The third-order valence-electron chi connectivity index (χ3n) is 2.46. The number of carbonyl (C=O) groups excluding carboxylic acids is 2. The lowest BCUT2D eigenvalue weighted by Gasteiger charge is -2.22. The van der Waals surface area contributed by atoms with Gasteiger partial charge in [-0.3, -0.25) is 24.6 Å². The van der Waals surface area contributed by atoms with Crippen molar-refractivity contribution in [2.24, 2.45) is 0 Å². The third-order valence-corrected chi connectivity index (χ3v) is 2.46. The van der Waals surface area contributed by atoms with Crippen molar-refractivity contribution in [1.82, 2.24) is 4.90 Å². The molecule has 0 heterocycles. The number of imide groups is 1. The highest BCUT2D eigenvalue weighted by Gasteiger charge is 2.51. The maximum absolute atomic E-state index is 12.3. The lowest BCUT2D eigenvalue weighted by Crippen LogP contribution is -2.49. The fourth-order valence-corrected chi connectivity index (χ4v) is 1.45. The molecule has 1 aromatic carbocycles. The van der Waals surface area contributed by atoms with Crippen LogP contribution in [-0.2, 0) is 16.1 Å². The molecule has 0 aliphatic heterocycles. The van der Waals surface area contributed by atoms with E-state index < -0.39 is 46.2 Å². The van der Waals surface area contributed by atoms with Gasteiger partial charge in [-0.2, -0.15) is 26.3 Å². The van der Waals surface area contributed by atoms with Gasteiger partial charge >= 0.3 is 24.2 Å². The van der Waals surface area contributed by atoms with E-state index in [-0.39, 0.29) is 5.56 Å². The molecule has 0 spiro atoms. The molecule has 0 saturated carbocycles. The number of carbonyl (C=O) groups is 2. The van der Waals surface area contributed by atoms with Crippen LogP contribution in [0.25, 0.3) is 0 Å². The summed E-state index contributed by atoms with van der Waals surface area (Å²) in [6, 6.07) is 3.28. The maximum atomic E-state index is 12.3. The van der Waals surface area contributed by atoms with Crippen molar-refractivity contribution in [3.8, 4) is 0 Å². The molecule has 2 amide bonds. The molecule has 126 valence electrons. The first-order valence-electron chi connectivity index (χ1n) is 5.57. The first kappa shape index (κ1) is 18.4. The van der Waals surface area contributed by atoms with E-state index in [0.29, 0.717) is 0 Å². The number of nitrogens with zero attached hydrogens (tertiary/aromatic N) is 2. The highest BCUT2D eigenvalue weighted by molar-refractivity contribution is 6.00. The number of benzene rings is 1. The molecule has 1 rings (SSSR count). The first-order valence-corrected chi connectivity index (χ1v) is 5.57. The summed E-state index contributed by atoms with van der Waals surface area (Å²) >= 11 is 0. The van der Waals surface area contributed by atoms with Gasteiger partial charge in [-0.1, -0.05) is 12.1 Å². The van der Waals surface area contributed by atoms with Gasteiger partial charge in [0.25, 0.3) is 5.69 Å². The van der Waals surface area contributed by atoms with Crippen molar-refractivity contribution in [1.29, 1.82) is 0 Å². The molecule has 0 aliphatic carbocycles. The number of alkyl halides is 6. The average Bonchev–Trinajstić information content (AvgIpc) is 2.41. The van der Waals surface area contributed by atoms with Crippen molar-refractivity contribution in [2.45, 2.75) is 18.9 Å². The number of rotatable bonds is 3. The Morgan fingerprint density at radius 3 is 1.65 bits per heavy atom. The smallest absolute Gasteiger partial charge is 0.264 e. The number of amides is 2. The molecule has 23 heavy (non-hydrogen) atoms. The van der Waals surface area contributed by atoms with Crippen molar-refractivity contribution >= 4 is 17.5 Å². The number of non-ortho nitro benzene ring substituents is 1. The van der Waals surface area contributed by atoms with Crippen LogP contribution in [0.4, 0.5) is 32.0 Å². The van der Waals surface area contributed by atoms with E-state index in [1.165, 1.54) is 0 Å². The van der Waals surface area contributed by atoms with Gasteiger partial charge in [-0.05, 0) is 5.56 Å². The summed E-state index contributed by atoms with van der Waals surface area (Å²) in [5.41, 5.74) is -0.796. The normalized spacial score (nSPS) is 11.9. The molecular weight excluding hydrogens is 338 g/mol. The van der Waals surface area contributed by atoms with Crippen LogP contribution in [0, 0.1) is 10.1 Å². The van der Waals surface area contributed by atoms with Crippen LogP contribution in [-0.4, -0.2) is 34.0 Å². The summed E-state index contributed by atoms with van der Waals surface area (Å²) < 4.78 is 73.9. The molecule has 0 aromatic heterocycles. The van der Waals surface area contributed by atoms with E-state index >= 15 is 0 Å². The predicted octanol–water partition coefficient (Wildman–Crippen LogP) is 2.57. The van der Waals surface area contributed by atoms with Gasteiger partial charge in [-0.15, -0.1) is 0 Å². The Balaban J connectivity index is 3.13. The standard InChI is InChI=1S/C11H6F6N2O4/c12-10(13,14)8(20)18(9(21)11(15,16)17)5-6-1-3-7(4-2-6)19(22)23/h1-4H,5H2. The molecular formula is C11H6F6N2O4. The van der Waals surface area contributed by atoms with E-state index in [9.17, 15) is 46.0 Å². The van der Waals surface area contributed by atoms with Crippen molar-refractivity contribution < 1.29 is 40.9 Å². The molecule has 12 heteroatoms. The van der Waals surface area contributed by atoms with E-state index in [1.807, 2.05) is 0 Å².